The van der Waals surface area contributed by atoms with Crippen molar-refractivity contribution < 1.29 is 9.90 Å². The molecule has 1 unspecified atom stereocenters. The fourth-order valence-electron chi connectivity index (χ4n) is 2.96. The number of para-hydroxylation sites is 1. The molecule has 6 heteroatoms. The van der Waals surface area contributed by atoms with Crippen molar-refractivity contribution >= 4 is 5.91 Å². The van der Waals surface area contributed by atoms with Crippen LogP contribution in [0.1, 0.15) is 37.2 Å². The molecule has 116 valence electrons. The average Bonchev–Trinajstić information content (AvgIpc) is 3.16. The Balaban J connectivity index is 1.83. The molecule has 1 aromatic carbocycles. The Morgan fingerprint density at radius 1 is 1.32 bits per heavy atom. The Morgan fingerprint density at radius 2 is 2.05 bits per heavy atom. The molecule has 1 aliphatic rings. The SMILES string of the molecule is CC(C)(O)C1CCCN1C(=O)c1cn(-c2ccccc2)nn1. The third-order valence-electron chi connectivity index (χ3n) is 4.06. The van der Waals surface area contributed by atoms with Gasteiger partial charge in [-0.3, -0.25) is 4.79 Å². The van der Waals surface area contributed by atoms with E-state index in [2.05, 4.69) is 10.3 Å². The van der Waals surface area contributed by atoms with Gasteiger partial charge in [-0.15, -0.1) is 5.10 Å². The standard InChI is InChI=1S/C16H20N4O2/c1-16(2,22)14-9-6-10-19(14)15(21)13-11-20(18-17-13)12-7-4-3-5-8-12/h3-5,7-8,11,14,22H,6,9-10H2,1-2H3. The van der Waals surface area contributed by atoms with Crippen LogP contribution in [0.15, 0.2) is 36.5 Å². The maximum absolute atomic E-state index is 12.6. The van der Waals surface area contributed by atoms with E-state index in [-0.39, 0.29) is 11.9 Å². The quantitative estimate of drug-likeness (QED) is 0.935. The van der Waals surface area contributed by atoms with Crippen LogP contribution in [0.4, 0.5) is 0 Å². The van der Waals surface area contributed by atoms with E-state index < -0.39 is 5.60 Å². The van der Waals surface area contributed by atoms with Crippen LogP contribution in [0.5, 0.6) is 0 Å². The molecule has 1 N–H and O–H groups in total. The van der Waals surface area contributed by atoms with Gasteiger partial charge in [-0.2, -0.15) is 0 Å². The lowest BCUT2D eigenvalue weighted by Crippen LogP contribution is -2.48. The molecule has 0 saturated carbocycles. The van der Waals surface area contributed by atoms with Crippen LogP contribution in [-0.4, -0.2) is 49.1 Å². The van der Waals surface area contributed by atoms with Crippen LogP contribution < -0.4 is 0 Å². The van der Waals surface area contributed by atoms with Crippen molar-refractivity contribution in [1.82, 2.24) is 19.9 Å². The van der Waals surface area contributed by atoms with E-state index in [4.69, 9.17) is 0 Å². The van der Waals surface area contributed by atoms with E-state index in [0.717, 1.165) is 18.5 Å². The number of hydrogen-bond acceptors (Lipinski definition) is 4. The minimum Gasteiger partial charge on any atom is -0.388 e. The summed E-state index contributed by atoms with van der Waals surface area (Å²) in [5, 5.41) is 18.2. The Hall–Kier alpha value is -2.21. The van der Waals surface area contributed by atoms with E-state index in [1.165, 1.54) is 0 Å². The van der Waals surface area contributed by atoms with Crippen LogP contribution >= 0.6 is 0 Å². The number of nitrogens with zero attached hydrogens (tertiary/aromatic N) is 4. The number of benzene rings is 1. The number of likely N-dealkylation sites (tertiary alicyclic amines) is 1. The number of hydrogen-bond donors (Lipinski definition) is 1. The molecule has 6 nitrogen and oxygen atoms in total. The summed E-state index contributed by atoms with van der Waals surface area (Å²) in [4.78, 5) is 14.4. The summed E-state index contributed by atoms with van der Waals surface area (Å²) in [6.07, 6.45) is 3.34. The Labute approximate surface area is 129 Å². The number of amides is 1. The summed E-state index contributed by atoms with van der Waals surface area (Å²) in [5.41, 5.74) is 0.246. The molecular formula is C16H20N4O2. The van der Waals surface area contributed by atoms with Gasteiger partial charge in [0.05, 0.1) is 23.5 Å². The maximum atomic E-state index is 12.6. The first-order chi connectivity index (χ1) is 10.5. The predicted octanol–water partition coefficient (Wildman–Crippen LogP) is 1.64. The Bertz CT molecular complexity index is 660. The summed E-state index contributed by atoms with van der Waals surface area (Å²) >= 11 is 0. The van der Waals surface area contributed by atoms with Crippen LogP contribution in [0.25, 0.3) is 5.69 Å². The molecule has 1 saturated heterocycles. The molecule has 0 radical (unpaired) electrons. The van der Waals surface area contributed by atoms with Gasteiger partial charge < -0.3 is 10.0 Å². The van der Waals surface area contributed by atoms with Gasteiger partial charge in [-0.1, -0.05) is 23.4 Å². The van der Waals surface area contributed by atoms with Crippen molar-refractivity contribution in [3.8, 4) is 5.69 Å². The van der Waals surface area contributed by atoms with Gasteiger partial charge in [0, 0.05) is 6.54 Å². The lowest BCUT2D eigenvalue weighted by atomic mass is 9.96. The highest BCUT2D eigenvalue weighted by Crippen LogP contribution is 2.27. The van der Waals surface area contributed by atoms with Gasteiger partial charge >= 0.3 is 0 Å². The van der Waals surface area contributed by atoms with Gasteiger partial charge in [-0.05, 0) is 38.8 Å². The zero-order valence-electron chi connectivity index (χ0n) is 12.8. The van der Waals surface area contributed by atoms with Crippen molar-refractivity contribution in [1.29, 1.82) is 0 Å². The van der Waals surface area contributed by atoms with Gasteiger partial charge in [0.25, 0.3) is 5.91 Å². The molecule has 2 heterocycles. The van der Waals surface area contributed by atoms with Crippen LogP contribution in [-0.2, 0) is 0 Å². The molecule has 1 aliphatic heterocycles. The number of carbonyl (C=O) groups is 1. The van der Waals surface area contributed by atoms with E-state index in [9.17, 15) is 9.90 Å². The second kappa shape index (κ2) is 5.53. The summed E-state index contributed by atoms with van der Waals surface area (Å²) in [7, 11) is 0. The zero-order chi connectivity index (χ0) is 15.7. The van der Waals surface area contributed by atoms with E-state index >= 15 is 0 Å². The lowest BCUT2D eigenvalue weighted by Gasteiger charge is -2.33. The maximum Gasteiger partial charge on any atom is 0.276 e. The highest BCUT2D eigenvalue weighted by molar-refractivity contribution is 5.92. The Morgan fingerprint density at radius 3 is 2.73 bits per heavy atom. The molecule has 0 aliphatic carbocycles. The van der Waals surface area contributed by atoms with Crippen molar-refractivity contribution in [2.75, 3.05) is 6.54 Å². The van der Waals surface area contributed by atoms with E-state index in [0.29, 0.717) is 12.2 Å². The highest BCUT2D eigenvalue weighted by Gasteiger charge is 2.39. The molecular weight excluding hydrogens is 280 g/mol. The Kier molecular flexibility index (Phi) is 3.70. The van der Waals surface area contributed by atoms with Crippen LogP contribution in [0.3, 0.4) is 0 Å². The van der Waals surface area contributed by atoms with Gasteiger partial charge in [-0.25, -0.2) is 4.68 Å². The van der Waals surface area contributed by atoms with Crippen LogP contribution in [0, 0.1) is 0 Å². The monoisotopic (exact) mass is 300 g/mol. The minimum atomic E-state index is -0.915. The molecule has 1 amide bonds. The molecule has 0 spiro atoms. The van der Waals surface area contributed by atoms with Gasteiger partial charge in [0.1, 0.15) is 0 Å². The molecule has 0 bridgehead atoms. The molecule has 1 fully saturated rings. The van der Waals surface area contributed by atoms with Crippen molar-refractivity contribution in [3.63, 3.8) is 0 Å². The van der Waals surface area contributed by atoms with E-state index in [1.54, 1.807) is 29.6 Å². The second-order valence-electron chi connectivity index (χ2n) is 6.19. The minimum absolute atomic E-state index is 0.174. The van der Waals surface area contributed by atoms with Crippen LogP contribution in [0.2, 0.25) is 0 Å². The third-order valence-corrected chi connectivity index (χ3v) is 4.06. The highest BCUT2D eigenvalue weighted by atomic mass is 16.3. The fraction of sp³-hybridized carbons (Fsp3) is 0.438. The molecule has 22 heavy (non-hydrogen) atoms. The van der Waals surface area contributed by atoms with Crippen molar-refractivity contribution in [2.24, 2.45) is 0 Å². The summed E-state index contributed by atoms with van der Waals surface area (Å²) in [6, 6.07) is 9.36. The van der Waals surface area contributed by atoms with Crippen molar-refractivity contribution in [3.05, 3.63) is 42.2 Å². The third kappa shape index (κ3) is 2.74. The number of aliphatic hydroxyl groups is 1. The lowest BCUT2D eigenvalue weighted by molar-refractivity contribution is 0.000114. The van der Waals surface area contributed by atoms with E-state index in [1.807, 2.05) is 30.3 Å². The first kappa shape index (κ1) is 14.7. The molecule has 1 atom stereocenters. The topological polar surface area (TPSA) is 71.2 Å². The fourth-order valence-corrected chi connectivity index (χ4v) is 2.96. The molecule has 3 rings (SSSR count). The smallest absolute Gasteiger partial charge is 0.276 e. The average molecular weight is 300 g/mol. The molecule has 1 aromatic heterocycles. The van der Waals surface area contributed by atoms with Crippen molar-refractivity contribution in [2.45, 2.75) is 38.3 Å². The summed E-state index contributed by atoms with van der Waals surface area (Å²) < 4.78 is 1.59. The number of carbonyl (C=O) groups excluding carboxylic acids is 1. The van der Waals surface area contributed by atoms with Gasteiger partial charge in [0.2, 0.25) is 0 Å². The summed E-state index contributed by atoms with van der Waals surface area (Å²) in [5.74, 6) is -0.174. The molecule has 2 aromatic rings. The second-order valence-corrected chi connectivity index (χ2v) is 6.19. The summed E-state index contributed by atoms with van der Waals surface area (Å²) in [6.45, 7) is 4.12. The first-order valence-electron chi connectivity index (χ1n) is 7.48. The number of aromatic nitrogens is 3. The zero-order valence-corrected chi connectivity index (χ0v) is 12.8. The first-order valence-corrected chi connectivity index (χ1v) is 7.48. The normalized spacial score (nSPS) is 18.7. The predicted molar refractivity (Wildman–Crippen MR) is 81.7 cm³/mol. The number of rotatable bonds is 3. The van der Waals surface area contributed by atoms with Gasteiger partial charge in [0.15, 0.2) is 5.69 Å². The largest absolute Gasteiger partial charge is 0.388 e.